The van der Waals surface area contributed by atoms with Gasteiger partial charge in [0.15, 0.2) is 0 Å². The Kier molecular flexibility index (Phi) is 2.70. The number of anilines is 1. The number of para-hydroxylation sites is 1. The van der Waals surface area contributed by atoms with Gasteiger partial charge >= 0.3 is 6.03 Å². The molecule has 19 heavy (non-hydrogen) atoms. The largest absolute Gasteiger partial charge is 0.322 e. The first-order chi connectivity index (χ1) is 9.16. The summed E-state index contributed by atoms with van der Waals surface area (Å²) in [5, 5.41) is 6.95. The monoisotopic (exact) mass is 258 g/mol. The highest BCUT2D eigenvalue weighted by atomic mass is 16.2. The van der Waals surface area contributed by atoms with Crippen LogP contribution in [0.4, 0.5) is 10.5 Å². The zero-order chi connectivity index (χ0) is 13.4. The van der Waals surface area contributed by atoms with E-state index in [0.717, 1.165) is 17.0 Å². The van der Waals surface area contributed by atoms with Gasteiger partial charge in [-0.25, -0.2) is 10.2 Å². The molecule has 3 amide bonds. The summed E-state index contributed by atoms with van der Waals surface area (Å²) < 4.78 is 0. The molecule has 1 aromatic rings. The van der Waals surface area contributed by atoms with Crippen molar-refractivity contribution in [2.45, 2.75) is 18.9 Å². The number of hydrogen-bond acceptors (Lipinski definition) is 3. The third-order valence-electron chi connectivity index (χ3n) is 3.45. The van der Waals surface area contributed by atoms with E-state index in [4.69, 9.17) is 0 Å². The van der Waals surface area contributed by atoms with Gasteiger partial charge in [0, 0.05) is 24.7 Å². The quantitative estimate of drug-likeness (QED) is 0.800. The first-order valence-electron chi connectivity index (χ1n) is 6.15. The molecule has 0 radical (unpaired) electrons. The molecule has 2 aliphatic rings. The lowest BCUT2D eigenvalue weighted by atomic mass is 9.94. The molecule has 0 aromatic heterocycles. The molecule has 0 saturated carbocycles. The van der Waals surface area contributed by atoms with Crippen LogP contribution in [0.5, 0.6) is 0 Å². The van der Waals surface area contributed by atoms with E-state index in [1.165, 1.54) is 0 Å². The van der Waals surface area contributed by atoms with Crippen LogP contribution < -0.4 is 10.7 Å². The summed E-state index contributed by atoms with van der Waals surface area (Å²) in [6, 6.07) is 7.27. The summed E-state index contributed by atoms with van der Waals surface area (Å²) in [5.41, 5.74) is 5.10. The second-order valence-corrected chi connectivity index (χ2v) is 4.67. The van der Waals surface area contributed by atoms with E-state index in [0.29, 0.717) is 12.8 Å². The number of carbonyl (C=O) groups is 2. The Morgan fingerprint density at radius 2 is 2.05 bits per heavy atom. The van der Waals surface area contributed by atoms with Crippen molar-refractivity contribution in [3.8, 4) is 0 Å². The third kappa shape index (κ3) is 1.95. The van der Waals surface area contributed by atoms with Gasteiger partial charge in [-0.2, -0.15) is 5.10 Å². The topological polar surface area (TPSA) is 73.8 Å². The Balaban J connectivity index is 2.04. The van der Waals surface area contributed by atoms with Crippen LogP contribution in [0, 0.1) is 0 Å². The SMILES string of the molecule is CN1C(=O)Nc2ccccc2C1C1=NNC(=O)CC1. The fraction of sp³-hybridized carbons (Fsp3) is 0.308. The lowest BCUT2D eigenvalue weighted by Crippen LogP contribution is -2.44. The molecule has 6 heteroatoms. The van der Waals surface area contributed by atoms with Gasteiger partial charge in [0.2, 0.25) is 5.91 Å². The number of carbonyl (C=O) groups excluding carboxylic acids is 2. The van der Waals surface area contributed by atoms with E-state index in [2.05, 4.69) is 15.8 Å². The minimum Gasteiger partial charge on any atom is -0.315 e. The van der Waals surface area contributed by atoms with Crippen LogP contribution in [0.2, 0.25) is 0 Å². The second kappa shape index (κ2) is 4.38. The Labute approximate surface area is 110 Å². The normalized spacial score (nSPS) is 22.3. The van der Waals surface area contributed by atoms with Crippen molar-refractivity contribution in [3.05, 3.63) is 29.8 Å². The number of rotatable bonds is 1. The number of benzene rings is 1. The maximum Gasteiger partial charge on any atom is 0.322 e. The fourth-order valence-corrected chi connectivity index (χ4v) is 2.47. The lowest BCUT2D eigenvalue weighted by molar-refractivity contribution is -0.121. The van der Waals surface area contributed by atoms with E-state index in [-0.39, 0.29) is 18.0 Å². The van der Waals surface area contributed by atoms with E-state index in [1.54, 1.807) is 11.9 Å². The number of hydrazone groups is 1. The van der Waals surface area contributed by atoms with Crippen LogP contribution in [0.15, 0.2) is 29.4 Å². The third-order valence-corrected chi connectivity index (χ3v) is 3.45. The number of amides is 3. The smallest absolute Gasteiger partial charge is 0.315 e. The maximum absolute atomic E-state index is 11.9. The average molecular weight is 258 g/mol. The van der Waals surface area contributed by atoms with E-state index in [1.807, 2.05) is 24.3 Å². The molecule has 1 aromatic carbocycles. The van der Waals surface area contributed by atoms with Crippen molar-refractivity contribution in [2.75, 3.05) is 12.4 Å². The molecule has 0 saturated heterocycles. The Morgan fingerprint density at radius 1 is 1.26 bits per heavy atom. The first-order valence-corrected chi connectivity index (χ1v) is 6.15. The number of nitrogens with zero attached hydrogens (tertiary/aromatic N) is 2. The van der Waals surface area contributed by atoms with Crippen molar-refractivity contribution in [1.82, 2.24) is 10.3 Å². The summed E-state index contributed by atoms with van der Waals surface area (Å²) >= 11 is 0. The van der Waals surface area contributed by atoms with Gasteiger partial charge in [-0.3, -0.25) is 4.79 Å². The molecule has 0 spiro atoms. The Morgan fingerprint density at radius 3 is 2.79 bits per heavy atom. The van der Waals surface area contributed by atoms with Gasteiger partial charge < -0.3 is 10.2 Å². The number of nitrogens with one attached hydrogen (secondary N) is 2. The summed E-state index contributed by atoms with van der Waals surface area (Å²) in [5.74, 6) is -0.0834. The Bertz CT molecular complexity index is 582. The van der Waals surface area contributed by atoms with Gasteiger partial charge in [0.25, 0.3) is 0 Å². The molecule has 2 aliphatic heterocycles. The Hall–Kier alpha value is -2.37. The standard InChI is InChI=1S/C13H14N4O2/c1-17-12(10-6-7-11(18)16-15-10)8-4-2-3-5-9(8)14-13(17)19/h2-5,12H,6-7H2,1H3,(H,14,19)(H,16,18). The van der Waals surface area contributed by atoms with Crippen LogP contribution in [0.1, 0.15) is 24.4 Å². The molecule has 2 heterocycles. The zero-order valence-electron chi connectivity index (χ0n) is 10.5. The second-order valence-electron chi connectivity index (χ2n) is 4.67. The molecule has 6 nitrogen and oxygen atoms in total. The molecule has 98 valence electrons. The van der Waals surface area contributed by atoms with Gasteiger partial charge in [0.1, 0.15) is 6.04 Å². The molecule has 0 aliphatic carbocycles. The van der Waals surface area contributed by atoms with Crippen LogP contribution in [-0.2, 0) is 4.79 Å². The summed E-state index contributed by atoms with van der Waals surface area (Å²) in [4.78, 5) is 24.7. The van der Waals surface area contributed by atoms with Crippen LogP contribution >= 0.6 is 0 Å². The molecule has 1 atom stereocenters. The summed E-state index contributed by atoms with van der Waals surface area (Å²) in [7, 11) is 1.73. The molecular formula is C13H14N4O2. The van der Waals surface area contributed by atoms with Crippen molar-refractivity contribution in [3.63, 3.8) is 0 Å². The predicted octanol–water partition coefficient (Wildman–Crippen LogP) is 1.47. The molecular weight excluding hydrogens is 244 g/mol. The van der Waals surface area contributed by atoms with E-state index >= 15 is 0 Å². The fourth-order valence-electron chi connectivity index (χ4n) is 2.47. The molecule has 0 fully saturated rings. The van der Waals surface area contributed by atoms with Crippen molar-refractivity contribution >= 4 is 23.3 Å². The highest BCUT2D eigenvalue weighted by Gasteiger charge is 2.34. The lowest BCUT2D eigenvalue weighted by Gasteiger charge is -2.36. The van der Waals surface area contributed by atoms with Crippen LogP contribution in [0.3, 0.4) is 0 Å². The summed E-state index contributed by atoms with van der Waals surface area (Å²) in [6.45, 7) is 0. The van der Waals surface area contributed by atoms with Crippen LogP contribution in [0.25, 0.3) is 0 Å². The van der Waals surface area contributed by atoms with Gasteiger partial charge in [-0.15, -0.1) is 0 Å². The molecule has 0 bridgehead atoms. The highest BCUT2D eigenvalue weighted by Crippen LogP contribution is 2.34. The minimum atomic E-state index is -0.217. The van der Waals surface area contributed by atoms with E-state index in [9.17, 15) is 9.59 Å². The molecule has 1 unspecified atom stereocenters. The van der Waals surface area contributed by atoms with Crippen molar-refractivity contribution < 1.29 is 9.59 Å². The van der Waals surface area contributed by atoms with E-state index < -0.39 is 0 Å². The number of urea groups is 1. The number of fused-ring (bicyclic) bond motifs is 1. The first kappa shape index (κ1) is 11.7. The highest BCUT2D eigenvalue weighted by molar-refractivity contribution is 6.03. The molecule has 2 N–H and O–H groups in total. The van der Waals surface area contributed by atoms with Crippen LogP contribution in [-0.4, -0.2) is 29.6 Å². The maximum atomic E-state index is 11.9. The molecule has 3 rings (SSSR count). The zero-order valence-corrected chi connectivity index (χ0v) is 10.5. The predicted molar refractivity (Wildman–Crippen MR) is 70.8 cm³/mol. The average Bonchev–Trinajstić information content (AvgIpc) is 2.42. The van der Waals surface area contributed by atoms with Gasteiger partial charge in [-0.1, -0.05) is 18.2 Å². The van der Waals surface area contributed by atoms with Gasteiger partial charge in [0.05, 0.1) is 5.71 Å². The van der Waals surface area contributed by atoms with Gasteiger partial charge in [-0.05, 0) is 12.5 Å². The van der Waals surface area contributed by atoms with Crippen molar-refractivity contribution in [2.24, 2.45) is 5.10 Å². The number of hydrogen-bond donors (Lipinski definition) is 2. The summed E-state index contributed by atoms with van der Waals surface area (Å²) in [6.07, 6.45) is 0.982. The van der Waals surface area contributed by atoms with Crippen molar-refractivity contribution in [1.29, 1.82) is 0 Å². The minimum absolute atomic E-state index is 0.0834.